The fourth-order valence-electron chi connectivity index (χ4n) is 4.91. The van der Waals surface area contributed by atoms with Crippen molar-refractivity contribution in [2.75, 3.05) is 20.2 Å². The van der Waals surface area contributed by atoms with E-state index in [2.05, 4.69) is 95.3 Å². The summed E-state index contributed by atoms with van der Waals surface area (Å²) in [5.74, 6) is 0. The van der Waals surface area contributed by atoms with E-state index in [1.54, 1.807) is 17.2 Å². The Kier molecular flexibility index (Phi) is 10.2. The summed E-state index contributed by atoms with van der Waals surface area (Å²) in [6.45, 7) is 4.30. The Hall–Kier alpha value is -4.24. The van der Waals surface area contributed by atoms with Crippen molar-refractivity contribution in [3.63, 3.8) is 0 Å². The molecule has 0 bridgehead atoms. The van der Waals surface area contributed by atoms with Gasteiger partial charge in [0.1, 0.15) is 6.61 Å². The van der Waals surface area contributed by atoms with Crippen molar-refractivity contribution in [3.8, 4) is 0 Å². The number of hydrogen-bond acceptors (Lipinski definition) is 6. The van der Waals surface area contributed by atoms with E-state index in [-0.39, 0.29) is 17.9 Å². The van der Waals surface area contributed by atoms with Crippen LogP contribution in [0.2, 0.25) is 0 Å². The van der Waals surface area contributed by atoms with Gasteiger partial charge in [0.2, 0.25) is 0 Å². The molecule has 0 aromatic heterocycles. The number of carbonyl (C=O) groups is 2. The van der Waals surface area contributed by atoms with E-state index in [1.807, 2.05) is 30.0 Å². The number of likely N-dealkylation sites (tertiary alicyclic amines) is 1. The summed E-state index contributed by atoms with van der Waals surface area (Å²) in [5, 5.41) is 6.28. The molecule has 1 heterocycles. The summed E-state index contributed by atoms with van der Waals surface area (Å²) >= 11 is 1.85. The number of nitrogens with one attached hydrogen (secondary N) is 2. The maximum Gasteiger partial charge on any atom is 0.410 e. The molecule has 1 aliphatic rings. The maximum absolute atomic E-state index is 13.1. The fraction of sp³-hybridized carbons (Fsp3) is 0.258. The molecule has 2 atom stereocenters. The predicted molar refractivity (Wildman–Crippen MR) is 159 cm³/mol. The highest BCUT2D eigenvalue weighted by Crippen LogP contribution is 2.52. The van der Waals surface area contributed by atoms with Gasteiger partial charge < -0.3 is 15.0 Å². The topological polar surface area (TPSA) is 92.3 Å². The number of urea groups is 1. The van der Waals surface area contributed by atoms with Crippen LogP contribution in [0.15, 0.2) is 109 Å². The van der Waals surface area contributed by atoms with E-state index in [4.69, 9.17) is 9.68 Å². The Morgan fingerprint density at radius 3 is 2.05 bits per heavy atom. The van der Waals surface area contributed by atoms with Crippen molar-refractivity contribution in [1.29, 1.82) is 0 Å². The summed E-state index contributed by atoms with van der Waals surface area (Å²) in [6, 6.07) is 30.8. The average molecular weight is 559 g/mol. The Bertz CT molecular complexity index is 1180. The number of carbonyl (C=O) groups excluding carboxylic acids is 2. The molecule has 40 heavy (non-hydrogen) atoms. The van der Waals surface area contributed by atoms with Gasteiger partial charge in [0.05, 0.1) is 4.75 Å². The first-order valence-corrected chi connectivity index (χ1v) is 14.0. The van der Waals surface area contributed by atoms with Crippen LogP contribution in [0.3, 0.4) is 0 Å². The van der Waals surface area contributed by atoms with Crippen molar-refractivity contribution in [2.24, 2.45) is 5.16 Å². The summed E-state index contributed by atoms with van der Waals surface area (Å²) in [5.41, 5.74) is 5.64. The average Bonchev–Trinajstić information content (AvgIpc) is 3.42. The van der Waals surface area contributed by atoms with Crippen molar-refractivity contribution in [2.45, 2.75) is 28.9 Å². The van der Waals surface area contributed by atoms with Crippen LogP contribution in [0.1, 0.15) is 29.5 Å². The Morgan fingerprint density at radius 2 is 1.55 bits per heavy atom. The number of nitrogens with zero attached hydrogens (tertiary/aromatic N) is 2. The number of hydrogen-bond donors (Lipinski definition) is 2. The zero-order valence-corrected chi connectivity index (χ0v) is 23.3. The molecule has 1 aliphatic heterocycles. The molecule has 1 fully saturated rings. The molecular formula is C31H34N4O4S. The van der Waals surface area contributed by atoms with Gasteiger partial charge in [0, 0.05) is 37.5 Å². The zero-order valence-electron chi connectivity index (χ0n) is 22.4. The van der Waals surface area contributed by atoms with E-state index in [1.165, 1.54) is 7.05 Å². The molecule has 3 amide bonds. The van der Waals surface area contributed by atoms with Crippen LogP contribution in [-0.4, -0.2) is 54.7 Å². The predicted octanol–water partition coefficient (Wildman–Crippen LogP) is 5.71. The van der Waals surface area contributed by atoms with Gasteiger partial charge in [-0.1, -0.05) is 109 Å². The highest BCUT2D eigenvalue weighted by Gasteiger charge is 2.44. The summed E-state index contributed by atoms with van der Waals surface area (Å²) in [7, 11) is 1.48. The van der Waals surface area contributed by atoms with E-state index in [9.17, 15) is 9.59 Å². The maximum atomic E-state index is 13.1. The Balaban J connectivity index is 1.66. The van der Waals surface area contributed by atoms with Crippen LogP contribution in [0, 0.1) is 0 Å². The molecule has 0 unspecified atom stereocenters. The van der Waals surface area contributed by atoms with Gasteiger partial charge in [-0.05, 0) is 23.1 Å². The second kappa shape index (κ2) is 14.2. The lowest BCUT2D eigenvalue weighted by Crippen LogP contribution is -2.37. The molecule has 0 spiro atoms. The van der Waals surface area contributed by atoms with Crippen LogP contribution in [0.25, 0.3) is 0 Å². The minimum Gasteiger partial charge on any atom is -0.445 e. The molecule has 9 heteroatoms. The largest absolute Gasteiger partial charge is 0.445 e. The zero-order chi connectivity index (χ0) is 28.2. The molecule has 2 N–H and O–H groups in total. The van der Waals surface area contributed by atoms with Crippen molar-refractivity contribution in [3.05, 3.63) is 120 Å². The summed E-state index contributed by atoms with van der Waals surface area (Å²) < 4.78 is 4.92. The molecular weight excluding hydrogens is 524 g/mol. The van der Waals surface area contributed by atoms with Gasteiger partial charge in [-0.2, -0.15) is 0 Å². The second-order valence-electron chi connectivity index (χ2n) is 9.22. The van der Waals surface area contributed by atoms with Crippen LogP contribution >= 0.6 is 11.8 Å². The van der Waals surface area contributed by atoms with E-state index < -0.39 is 16.9 Å². The lowest BCUT2D eigenvalue weighted by molar-refractivity contribution is 0.0680. The summed E-state index contributed by atoms with van der Waals surface area (Å²) in [4.78, 5) is 31.0. The standard InChI is InChI=1S/C31H34N4O4S/c1-3-21-38-30(37)35-23-28(22-27(35)19-20-33-39-34-29(36)32-2)40-31(24-13-7-4-8-14-24,25-15-9-5-10-16-25)26-17-11-6-12-18-26/h3-18,20,27-28H,1,19,21-23H2,2H3,(H2,32,34,36)/b33-20-/t27-,28-/m0/s1. The van der Waals surface area contributed by atoms with E-state index >= 15 is 0 Å². The molecule has 0 saturated carbocycles. The van der Waals surface area contributed by atoms with Crippen molar-refractivity contribution >= 4 is 30.1 Å². The Morgan fingerprint density at radius 1 is 1.00 bits per heavy atom. The molecule has 8 nitrogen and oxygen atoms in total. The molecule has 4 rings (SSSR count). The summed E-state index contributed by atoms with van der Waals surface area (Å²) in [6.07, 6.45) is 3.87. The SMILES string of the molecule is C=CCOC(=O)N1C[C@@H](SC(c2ccccc2)(c2ccccc2)c2ccccc2)C[C@@H]1C/C=N\ONC(=O)NC. The van der Waals surface area contributed by atoms with Crippen LogP contribution in [0.5, 0.6) is 0 Å². The minimum atomic E-state index is -0.511. The number of rotatable bonds is 11. The number of benzene rings is 3. The van der Waals surface area contributed by atoms with Gasteiger partial charge in [-0.3, -0.25) is 4.94 Å². The third-order valence-electron chi connectivity index (χ3n) is 6.69. The van der Waals surface area contributed by atoms with Gasteiger partial charge in [-0.25, -0.2) is 9.59 Å². The van der Waals surface area contributed by atoms with Crippen LogP contribution in [0.4, 0.5) is 9.59 Å². The van der Waals surface area contributed by atoms with Crippen molar-refractivity contribution in [1.82, 2.24) is 15.7 Å². The van der Waals surface area contributed by atoms with Crippen LogP contribution < -0.4 is 10.8 Å². The number of hydroxylamine groups is 1. The normalized spacial score (nSPS) is 16.9. The first kappa shape index (κ1) is 28.8. The minimum absolute atomic E-state index is 0.0835. The van der Waals surface area contributed by atoms with Gasteiger partial charge >= 0.3 is 12.1 Å². The van der Waals surface area contributed by atoms with Gasteiger partial charge in [-0.15, -0.1) is 17.2 Å². The number of amides is 3. The molecule has 0 aliphatic carbocycles. The first-order valence-electron chi connectivity index (χ1n) is 13.1. The van der Waals surface area contributed by atoms with Gasteiger partial charge in [0.15, 0.2) is 0 Å². The molecule has 0 radical (unpaired) electrons. The first-order chi connectivity index (χ1) is 19.6. The quantitative estimate of drug-likeness (QED) is 0.136. The van der Waals surface area contributed by atoms with Crippen molar-refractivity contribution < 1.29 is 19.3 Å². The highest BCUT2D eigenvalue weighted by atomic mass is 32.2. The lowest BCUT2D eigenvalue weighted by atomic mass is 9.84. The number of oxime groups is 1. The van der Waals surface area contributed by atoms with Crippen LogP contribution in [-0.2, 0) is 14.4 Å². The monoisotopic (exact) mass is 558 g/mol. The smallest absolute Gasteiger partial charge is 0.410 e. The number of thioether (sulfide) groups is 1. The molecule has 3 aromatic rings. The molecule has 1 saturated heterocycles. The third kappa shape index (κ3) is 6.84. The lowest BCUT2D eigenvalue weighted by Gasteiger charge is -2.37. The Labute approximate surface area is 239 Å². The second-order valence-corrected chi connectivity index (χ2v) is 10.7. The van der Waals surface area contributed by atoms with Gasteiger partial charge in [0.25, 0.3) is 0 Å². The number of ether oxygens (including phenoxy) is 1. The third-order valence-corrected chi connectivity index (χ3v) is 8.43. The highest BCUT2D eigenvalue weighted by molar-refractivity contribution is 8.01. The molecule has 208 valence electrons. The fourth-order valence-corrected chi connectivity index (χ4v) is 6.78. The van der Waals surface area contributed by atoms with E-state index in [0.29, 0.717) is 13.0 Å². The molecule has 3 aromatic carbocycles. The van der Waals surface area contributed by atoms with E-state index in [0.717, 1.165) is 23.1 Å².